The Morgan fingerprint density at radius 3 is 2.50 bits per heavy atom. The first kappa shape index (κ1) is 13.4. The molecule has 96 valence electrons. The van der Waals surface area contributed by atoms with Crippen LogP contribution in [0.4, 0.5) is 0 Å². The zero-order valence-electron chi connectivity index (χ0n) is 10.8. The second-order valence-electron chi connectivity index (χ2n) is 4.63. The largest absolute Gasteiger partial charge is 0.472 e. The van der Waals surface area contributed by atoms with E-state index in [1.807, 2.05) is 12.5 Å². The van der Waals surface area contributed by atoms with Crippen LogP contribution in [0.5, 0.6) is 0 Å². The second kappa shape index (κ2) is 6.79. The minimum Gasteiger partial charge on any atom is -0.472 e. The number of hydrogen-bond donors (Lipinski definition) is 0. The van der Waals surface area contributed by atoms with Gasteiger partial charge in [0, 0.05) is 10.0 Å². The third kappa shape index (κ3) is 3.49. The van der Waals surface area contributed by atoms with E-state index in [0.717, 1.165) is 10.9 Å². The molecule has 1 aromatic heterocycles. The Kier molecular flexibility index (Phi) is 5.06. The first-order valence-electron chi connectivity index (χ1n) is 6.62. The predicted octanol–water partition coefficient (Wildman–Crippen LogP) is 5.83. The highest BCUT2D eigenvalue weighted by Crippen LogP contribution is 2.27. The molecule has 0 aliphatic heterocycles. The van der Waals surface area contributed by atoms with E-state index in [4.69, 9.17) is 4.42 Å². The van der Waals surface area contributed by atoms with Gasteiger partial charge < -0.3 is 4.42 Å². The van der Waals surface area contributed by atoms with Crippen LogP contribution in [0.25, 0.3) is 11.1 Å². The maximum atomic E-state index is 5.38. The summed E-state index contributed by atoms with van der Waals surface area (Å²) < 4.78 is 6.49. The molecule has 0 radical (unpaired) electrons. The van der Waals surface area contributed by atoms with Gasteiger partial charge in [-0.05, 0) is 36.1 Å². The zero-order valence-corrected chi connectivity index (χ0v) is 12.4. The minimum atomic E-state index is 1.11. The second-order valence-corrected chi connectivity index (χ2v) is 5.54. The highest BCUT2D eigenvalue weighted by Gasteiger charge is 2.07. The molecule has 2 heteroatoms. The quantitative estimate of drug-likeness (QED) is 0.612. The van der Waals surface area contributed by atoms with E-state index in [1.165, 1.54) is 42.4 Å². The molecule has 1 nitrogen and oxygen atoms in total. The lowest BCUT2D eigenvalue weighted by molar-refractivity contribution is 0.562. The number of benzene rings is 1. The van der Waals surface area contributed by atoms with E-state index in [9.17, 15) is 0 Å². The Bertz CT molecular complexity index is 470. The van der Waals surface area contributed by atoms with Crippen LogP contribution < -0.4 is 0 Å². The average molecular weight is 307 g/mol. The van der Waals surface area contributed by atoms with Crippen LogP contribution in [0.15, 0.2) is 45.7 Å². The molecule has 1 aromatic carbocycles. The van der Waals surface area contributed by atoms with Gasteiger partial charge in [-0.15, -0.1) is 0 Å². The van der Waals surface area contributed by atoms with Crippen molar-refractivity contribution in [3.8, 4) is 11.1 Å². The van der Waals surface area contributed by atoms with E-state index in [1.54, 1.807) is 0 Å². The van der Waals surface area contributed by atoms with Gasteiger partial charge in [-0.1, -0.05) is 54.2 Å². The summed E-state index contributed by atoms with van der Waals surface area (Å²) in [5, 5.41) is 0. The topological polar surface area (TPSA) is 13.1 Å². The Balaban J connectivity index is 2.05. The van der Waals surface area contributed by atoms with Crippen LogP contribution in [0.1, 0.15) is 38.2 Å². The summed E-state index contributed by atoms with van der Waals surface area (Å²) in [6.07, 6.45) is 10.0. The Morgan fingerprint density at radius 1 is 1.00 bits per heavy atom. The van der Waals surface area contributed by atoms with Crippen LogP contribution in [-0.2, 0) is 6.42 Å². The van der Waals surface area contributed by atoms with Gasteiger partial charge in [-0.3, -0.25) is 0 Å². The maximum absolute atomic E-state index is 5.38. The number of aryl methyl sites for hydroxylation is 1. The summed E-state index contributed by atoms with van der Waals surface area (Å²) in [7, 11) is 0. The molecule has 18 heavy (non-hydrogen) atoms. The van der Waals surface area contributed by atoms with E-state index in [-0.39, 0.29) is 0 Å². The summed E-state index contributed by atoms with van der Waals surface area (Å²) in [5.74, 6) is 0. The van der Waals surface area contributed by atoms with Crippen molar-refractivity contribution in [3.63, 3.8) is 0 Å². The first-order chi connectivity index (χ1) is 8.81. The molecular formula is C16H19BrO. The summed E-state index contributed by atoms with van der Waals surface area (Å²) in [4.78, 5) is 0. The third-order valence-corrected chi connectivity index (χ3v) is 3.73. The number of rotatable bonds is 6. The molecule has 0 unspecified atom stereocenters. The van der Waals surface area contributed by atoms with Crippen molar-refractivity contribution in [2.75, 3.05) is 0 Å². The normalized spacial score (nSPS) is 10.8. The molecule has 0 atom stereocenters. The fraction of sp³-hybridized carbons (Fsp3) is 0.375. The van der Waals surface area contributed by atoms with Crippen molar-refractivity contribution in [1.82, 2.24) is 0 Å². The van der Waals surface area contributed by atoms with Crippen molar-refractivity contribution >= 4 is 15.9 Å². The van der Waals surface area contributed by atoms with Crippen molar-refractivity contribution in [3.05, 3.63) is 46.8 Å². The summed E-state index contributed by atoms with van der Waals surface area (Å²) >= 11 is 3.46. The van der Waals surface area contributed by atoms with Gasteiger partial charge in [0.2, 0.25) is 0 Å². The van der Waals surface area contributed by atoms with Gasteiger partial charge in [0.05, 0.1) is 12.5 Å². The van der Waals surface area contributed by atoms with Crippen LogP contribution in [0.2, 0.25) is 0 Å². The summed E-state index contributed by atoms with van der Waals surface area (Å²) in [6.45, 7) is 2.24. The fourth-order valence-corrected chi connectivity index (χ4v) is 2.41. The Morgan fingerprint density at radius 2 is 1.78 bits per heavy atom. The van der Waals surface area contributed by atoms with Crippen molar-refractivity contribution in [2.24, 2.45) is 0 Å². The van der Waals surface area contributed by atoms with E-state index in [2.05, 4.69) is 47.1 Å². The van der Waals surface area contributed by atoms with Gasteiger partial charge in [0.15, 0.2) is 0 Å². The molecule has 0 saturated carbocycles. The molecule has 1 heterocycles. The summed E-state index contributed by atoms with van der Waals surface area (Å²) in [5.41, 5.74) is 3.80. The fourth-order valence-electron chi connectivity index (χ4n) is 2.14. The number of hydrogen-bond acceptors (Lipinski definition) is 1. The lowest BCUT2D eigenvalue weighted by Gasteiger charge is -2.03. The van der Waals surface area contributed by atoms with E-state index in [0.29, 0.717) is 0 Å². The van der Waals surface area contributed by atoms with Crippen molar-refractivity contribution in [1.29, 1.82) is 0 Å². The van der Waals surface area contributed by atoms with Gasteiger partial charge >= 0.3 is 0 Å². The molecular weight excluding hydrogens is 288 g/mol. The van der Waals surface area contributed by atoms with Gasteiger partial charge in [-0.2, -0.15) is 0 Å². The van der Waals surface area contributed by atoms with Crippen LogP contribution in [0, 0.1) is 0 Å². The molecule has 0 N–H and O–H groups in total. The third-order valence-electron chi connectivity index (χ3n) is 3.20. The lowest BCUT2D eigenvalue weighted by atomic mass is 10.0. The molecule has 0 saturated heterocycles. The highest BCUT2D eigenvalue weighted by atomic mass is 79.9. The standard InChI is InChI=1S/C16H19BrO/c1-2-3-4-5-6-14-11-18-12-16(14)13-7-9-15(17)10-8-13/h7-12H,2-6H2,1H3. The zero-order chi connectivity index (χ0) is 12.8. The predicted molar refractivity (Wildman–Crippen MR) is 79.7 cm³/mol. The smallest absolute Gasteiger partial charge is 0.0983 e. The lowest BCUT2D eigenvalue weighted by Crippen LogP contribution is -1.86. The molecule has 2 aromatic rings. The number of halogens is 1. The van der Waals surface area contributed by atoms with E-state index >= 15 is 0 Å². The molecule has 2 rings (SSSR count). The first-order valence-corrected chi connectivity index (χ1v) is 7.41. The van der Waals surface area contributed by atoms with Gasteiger partial charge in [0.25, 0.3) is 0 Å². The van der Waals surface area contributed by atoms with Crippen LogP contribution >= 0.6 is 15.9 Å². The minimum absolute atomic E-state index is 1.11. The molecule has 0 fully saturated rings. The van der Waals surface area contributed by atoms with Gasteiger partial charge in [-0.25, -0.2) is 0 Å². The molecule has 0 bridgehead atoms. The summed E-state index contributed by atoms with van der Waals surface area (Å²) in [6, 6.07) is 8.40. The van der Waals surface area contributed by atoms with Crippen molar-refractivity contribution < 1.29 is 4.42 Å². The molecule has 0 spiro atoms. The molecule has 0 aliphatic rings. The van der Waals surface area contributed by atoms with E-state index < -0.39 is 0 Å². The Labute approximate surface area is 117 Å². The maximum Gasteiger partial charge on any atom is 0.0983 e. The van der Waals surface area contributed by atoms with Gasteiger partial charge in [0.1, 0.15) is 0 Å². The molecule has 0 aliphatic carbocycles. The molecule has 0 amide bonds. The SMILES string of the molecule is CCCCCCc1cocc1-c1ccc(Br)cc1. The monoisotopic (exact) mass is 306 g/mol. The Hall–Kier alpha value is -1.02. The number of unbranched alkanes of at least 4 members (excludes halogenated alkanes) is 3. The van der Waals surface area contributed by atoms with Crippen LogP contribution in [0.3, 0.4) is 0 Å². The average Bonchev–Trinajstić information content (AvgIpc) is 2.84. The highest BCUT2D eigenvalue weighted by molar-refractivity contribution is 9.10. The van der Waals surface area contributed by atoms with Crippen LogP contribution in [-0.4, -0.2) is 0 Å². The van der Waals surface area contributed by atoms with Crippen molar-refractivity contribution in [2.45, 2.75) is 39.0 Å². The number of furan rings is 1.